The summed E-state index contributed by atoms with van der Waals surface area (Å²) in [6.07, 6.45) is 7.40. The second-order valence-corrected chi connectivity index (χ2v) is 4.07. The number of nitrogens with zero attached hydrogens (tertiary/aromatic N) is 1. The highest BCUT2D eigenvalue weighted by Gasteiger charge is 2.10. The summed E-state index contributed by atoms with van der Waals surface area (Å²) in [5.74, 6) is 0.532. The van der Waals surface area contributed by atoms with Crippen LogP contribution in [0.2, 0.25) is 0 Å². The molecule has 0 aliphatic carbocycles. The molecule has 0 aromatic carbocycles. The van der Waals surface area contributed by atoms with Crippen molar-refractivity contribution >= 4 is 12.6 Å². The van der Waals surface area contributed by atoms with Crippen LogP contribution >= 0.6 is 0 Å². The molecule has 0 unspecified atom stereocenters. The Balaban J connectivity index is 2.19. The molecular weight excluding hydrogens is 217 g/mol. The van der Waals surface area contributed by atoms with Gasteiger partial charge in [-0.05, 0) is 12.5 Å². The molecule has 94 valence electrons. The maximum absolute atomic E-state index is 8.89. The van der Waals surface area contributed by atoms with Gasteiger partial charge in [0.2, 0.25) is 5.88 Å². The van der Waals surface area contributed by atoms with E-state index in [1.807, 2.05) is 0 Å². The molecule has 0 amide bonds. The Morgan fingerprint density at radius 2 is 1.94 bits per heavy atom. The van der Waals surface area contributed by atoms with Crippen molar-refractivity contribution in [3.05, 3.63) is 18.3 Å². The quantitative estimate of drug-likeness (QED) is 0.525. The first-order chi connectivity index (χ1) is 8.24. The Bertz CT molecular complexity index is 303. The molecule has 17 heavy (non-hydrogen) atoms. The van der Waals surface area contributed by atoms with Crippen LogP contribution in [0.1, 0.15) is 39.0 Å². The number of unbranched alkanes of at least 4 members (excludes halogenated alkanes) is 4. The summed E-state index contributed by atoms with van der Waals surface area (Å²) in [5.41, 5.74) is 0.375. The highest BCUT2D eigenvalue weighted by atomic mass is 16.5. The van der Waals surface area contributed by atoms with Crippen LogP contribution in [0.4, 0.5) is 0 Å². The van der Waals surface area contributed by atoms with Gasteiger partial charge in [-0.25, -0.2) is 4.98 Å². The number of rotatable bonds is 8. The fraction of sp³-hybridized carbons (Fsp3) is 0.583. The second-order valence-electron chi connectivity index (χ2n) is 4.07. The number of ether oxygens (including phenoxy) is 1. The molecular formula is C12H20BNO3. The van der Waals surface area contributed by atoms with Gasteiger partial charge >= 0.3 is 7.12 Å². The molecule has 0 saturated carbocycles. The maximum atomic E-state index is 8.89. The van der Waals surface area contributed by atoms with E-state index >= 15 is 0 Å². The van der Waals surface area contributed by atoms with E-state index in [0.29, 0.717) is 17.9 Å². The Hall–Kier alpha value is -1.07. The van der Waals surface area contributed by atoms with Crippen LogP contribution in [-0.2, 0) is 0 Å². The predicted octanol–water partition coefficient (Wildman–Crippen LogP) is 1.11. The minimum absolute atomic E-state index is 0.375. The Kier molecular flexibility index (Phi) is 6.66. The van der Waals surface area contributed by atoms with Gasteiger partial charge in [0.15, 0.2) is 0 Å². The first-order valence-corrected chi connectivity index (χ1v) is 6.19. The Morgan fingerprint density at radius 1 is 1.18 bits per heavy atom. The normalized spacial score (nSPS) is 10.3. The van der Waals surface area contributed by atoms with Gasteiger partial charge in [0.1, 0.15) is 0 Å². The average molecular weight is 237 g/mol. The molecule has 0 bridgehead atoms. The van der Waals surface area contributed by atoms with Crippen molar-refractivity contribution < 1.29 is 14.8 Å². The van der Waals surface area contributed by atoms with Crippen LogP contribution in [0.3, 0.4) is 0 Å². The van der Waals surface area contributed by atoms with Crippen LogP contribution in [0.15, 0.2) is 18.3 Å². The molecule has 1 aromatic heterocycles. The molecule has 0 aliphatic heterocycles. The lowest BCUT2D eigenvalue weighted by Crippen LogP contribution is -2.29. The third-order valence-corrected chi connectivity index (χ3v) is 2.56. The van der Waals surface area contributed by atoms with Crippen molar-refractivity contribution in [3.63, 3.8) is 0 Å². The predicted molar refractivity (Wildman–Crippen MR) is 68.3 cm³/mol. The zero-order valence-electron chi connectivity index (χ0n) is 10.3. The number of aromatic nitrogens is 1. The first kappa shape index (κ1) is 14.0. The first-order valence-electron chi connectivity index (χ1n) is 6.19. The molecule has 0 aliphatic rings. The van der Waals surface area contributed by atoms with Gasteiger partial charge in [0.05, 0.1) is 6.61 Å². The lowest BCUT2D eigenvalue weighted by molar-refractivity contribution is 0.293. The Morgan fingerprint density at radius 3 is 2.53 bits per heavy atom. The van der Waals surface area contributed by atoms with Crippen LogP contribution in [0.5, 0.6) is 5.88 Å². The monoisotopic (exact) mass is 237 g/mol. The van der Waals surface area contributed by atoms with Crippen LogP contribution in [0, 0.1) is 0 Å². The maximum Gasteiger partial charge on any atom is 0.490 e. The van der Waals surface area contributed by atoms with Crippen molar-refractivity contribution in [2.45, 2.75) is 39.0 Å². The molecule has 0 radical (unpaired) electrons. The van der Waals surface area contributed by atoms with Crippen molar-refractivity contribution in [1.82, 2.24) is 4.98 Å². The SMILES string of the molecule is CCCCCCCOc1ccc(B(O)O)cn1. The molecule has 5 heteroatoms. The van der Waals surface area contributed by atoms with E-state index in [1.54, 1.807) is 12.1 Å². The minimum Gasteiger partial charge on any atom is -0.478 e. The lowest BCUT2D eigenvalue weighted by atomic mass is 9.82. The summed E-state index contributed by atoms with van der Waals surface area (Å²) in [6.45, 7) is 2.86. The van der Waals surface area contributed by atoms with E-state index in [0.717, 1.165) is 6.42 Å². The van der Waals surface area contributed by atoms with E-state index in [9.17, 15) is 0 Å². The molecule has 2 N–H and O–H groups in total. The van der Waals surface area contributed by atoms with Crippen molar-refractivity contribution in [3.8, 4) is 5.88 Å². The second kappa shape index (κ2) is 8.09. The van der Waals surface area contributed by atoms with E-state index in [1.165, 1.54) is 31.9 Å². The van der Waals surface area contributed by atoms with Gasteiger partial charge in [-0.15, -0.1) is 0 Å². The van der Waals surface area contributed by atoms with E-state index in [-0.39, 0.29) is 0 Å². The van der Waals surface area contributed by atoms with Gasteiger partial charge in [0.25, 0.3) is 0 Å². The summed E-state index contributed by atoms with van der Waals surface area (Å²) >= 11 is 0. The van der Waals surface area contributed by atoms with Gasteiger partial charge < -0.3 is 14.8 Å². The molecule has 0 saturated heterocycles. The highest BCUT2D eigenvalue weighted by molar-refractivity contribution is 6.58. The van der Waals surface area contributed by atoms with Crippen molar-refractivity contribution in [1.29, 1.82) is 0 Å². The zero-order valence-corrected chi connectivity index (χ0v) is 10.3. The summed E-state index contributed by atoms with van der Waals surface area (Å²) in [6, 6.07) is 3.25. The highest BCUT2D eigenvalue weighted by Crippen LogP contribution is 2.06. The van der Waals surface area contributed by atoms with Crippen molar-refractivity contribution in [2.24, 2.45) is 0 Å². The summed E-state index contributed by atoms with van der Waals surface area (Å²) in [4.78, 5) is 3.99. The molecule has 1 aromatic rings. The zero-order chi connectivity index (χ0) is 12.5. The minimum atomic E-state index is -1.47. The number of hydrogen-bond donors (Lipinski definition) is 2. The standard InChI is InChI=1S/C12H20BNO3/c1-2-3-4-5-6-9-17-12-8-7-11(10-14-12)13(15)16/h7-8,10,15-16H,2-6,9H2,1H3. The topological polar surface area (TPSA) is 62.6 Å². The fourth-order valence-corrected chi connectivity index (χ4v) is 1.51. The molecule has 0 fully saturated rings. The smallest absolute Gasteiger partial charge is 0.478 e. The van der Waals surface area contributed by atoms with Gasteiger partial charge in [-0.2, -0.15) is 0 Å². The third kappa shape index (κ3) is 5.70. The van der Waals surface area contributed by atoms with Crippen molar-refractivity contribution in [2.75, 3.05) is 6.61 Å². The molecule has 0 spiro atoms. The van der Waals surface area contributed by atoms with E-state index < -0.39 is 7.12 Å². The fourth-order valence-electron chi connectivity index (χ4n) is 1.51. The van der Waals surface area contributed by atoms with E-state index in [4.69, 9.17) is 14.8 Å². The number of pyridine rings is 1. The lowest BCUT2D eigenvalue weighted by Gasteiger charge is -2.05. The molecule has 4 nitrogen and oxygen atoms in total. The van der Waals surface area contributed by atoms with Crippen LogP contribution in [-0.4, -0.2) is 28.8 Å². The molecule has 1 rings (SSSR count). The van der Waals surface area contributed by atoms with Crippen LogP contribution < -0.4 is 10.2 Å². The molecule has 1 heterocycles. The van der Waals surface area contributed by atoms with E-state index in [2.05, 4.69) is 11.9 Å². The Labute approximate surface area is 103 Å². The van der Waals surface area contributed by atoms with Crippen LogP contribution in [0.25, 0.3) is 0 Å². The van der Waals surface area contributed by atoms with Gasteiger partial charge in [-0.3, -0.25) is 0 Å². The largest absolute Gasteiger partial charge is 0.490 e. The number of hydrogen-bond acceptors (Lipinski definition) is 4. The summed E-state index contributed by atoms with van der Waals surface area (Å²) < 4.78 is 5.45. The average Bonchev–Trinajstić information content (AvgIpc) is 2.34. The summed E-state index contributed by atoms with van der Waals surface area (Å²) in [7, 11) is -1.47. The van der Waals surface area contributed by atoms with Gasteiger partial charge in [0, 0.05) is 11.7 Å². The third-order valence-electron chi connectivity index (χ3n) is 2.56. The summed E-state index contributed by atoms with van der Waals surface area (Å²) in [5, 5.41) is 17.8. The van der Waals surface area contributed by atoms with Gasteiger partial charge in [-0.1, -0.05) is 38.7 Å². The molecule has 0 atom stereocenters.